The summed E-state index contributed by atoms with van der Waals surface area (Å²) in [5.41, 5.74) is 0.375. The summed E-state index contributed by atoms with van der Waals surface area (Å²) in [6.07, 6.45) is 0. The van der Waals surface area contributed by atoms with Crippen LogP contribution in [0.1, 0.15) is 5.89 Å². The van der Waals surface area contributed by atoms with Crippen LogP contribution in [-0.4, -0.2) is 4.98 Å². The van der Waals surface area contributed by atoms with E-state index in [1.165, 1.54) is 12.1 Å². The van der Waals surface area contributed by atoms with Crippen molar-refractivity contribution in [3.63, 3.8) is 0 Å². The van der Waals surface area contributed by atoms with Gasteiger partial charge in [-0.15, -0.1) is 11.6 Å². The van der Waals surface area contributed by atoms with E-state index in [2.05, 4.69) is 4.98 Å². The highest BCUT2D eigenvalue weighted by atomic mass is 35.5. The molecule has 2 aromatic rings. The Labute approximate surface area is 83.3 Å². The van der Waals surface area contributed by atoms with Crippen LogP contribution < -0.4 is 0 Å². The lowest BCUT2D eigenvalue weighted by molar-refractivity contribution is 0.555. The maximum absolute atomic E-state index is 13.1. The number of hydrogen-bond donors (Lipinski definition) is 0. The summed E-state index contributed by atoms with van der Waals surface area (Å²) in [5.74, 6) is -0.0899. The molecule has 2 nitrogen and oxygen atoms in total. The third kappa shape index (κ3) is 1.38. The summed E-state index contributed by atoms with van der Waals surface area (Å²) in [6, 6.07) is 2.66. The van der Waals surface area contributed by atoms with Crippen LogP contribution in [0, 0.1) is 5.82 Å². The van der Waals surface area contributed by atoms with E-state index in [0.29, 0.717) is 5.02 Å². The lowest BCUT2D eigenvalue weighted by atomic mass is 10.3. The zero-order valence-corrected chi connectivity index (χ0v) is 7.86. The average molecular weight is 220 g/mol. The van der Waals surface area contributed by atoms with Crippen LogP contribution in [0.3, 0.4) is 0 Å². The van der Waals surface area contributed by atoms with Crippen LogP contribution in [0.15, 0.2) is 16.5 Å². The number of benzene rings is 1. The molecule has 0 saturated heterocycles. The SMILES string of the molecule is Fc1ccc(Cl)c2oc(CCl)nc12. The summed E-state index contributed by atoms with van der Waals surface area (Å²) in [6.45, 7) is 0. The zero-order chi connectivity index (χ0) is 9.42. The molecule has 1 aromatic heterocycles. The van der Waals surface area contributed by atoms with Gasteiger partial charge in [0.15, 0.2) is 11.4 Å². The standard InChI is InChI=1S/C8H4Cl2FNO/c9-3-6-12-7-5(11)2-1-4(10)8(7)13-6/h1-2H,3H2. The Kier molecular flexibility index (Phi) is 2.14. The second-order valence-electron chi connectivity index (χ2n) is 2.45. The van der Waals surface area contributed by atoms with E-state index in [1.807, 2.05) is 0 Å². The van der Waals surface area contributed by atoms with E-state index in [1.54, 1.807) is 0 Å². The van der Waals surface area contributed by atoms with Gasteiger partial charge in [-0.05, 0) is 12.1 Å². The molecule has 13 heavy (non-hydrogen) atoms. The molecule has 0 spiro atoms. The maximum atomic E-state index is 13.1. The van der Waals surface area contributed by atoms with Crippen LogP contribution in [0.5, 0.6) is 0 Å². The van der Waals surface area contributed by atoms with E-state index < -0.39 is 5.82 Å². The molecule has 0 amide bonds. The summed E-state index contributed by atoms with van der Waals surface area (Å²) in [7, 11) is 0. The predicted octanol–water partition coefficient (Wildman–Crippen LogP) is 3.36. The van der Waals surface area contributed by atoms with Crippen molar-refractivity contribution in [1.82, 2.24) is 4.98 Å². The van der Waals surface area contributed by atoms with Gasteiger partial charge < -0.3 is 4.42 Å². The molecule has 0 radical (unpaired) electrons. The van der Waals surface area contributed by atoms with Crippen molar-refractivity contribution in [3.8, 4) is 0 Å². The van der Waals surface area contributed by atoms with Gasteiger partial charge in [0.05, 0.1) is 10.9 Å². The van der Waals surface area contributed by atoms with Crippen LogP contribution in [0.4, 0.5) is 4.39 Å². The summed E-state index contributed by atoms with van der Waals surface area (Å²) in [5, 5.41) is 0.334. The van der Waals surface area contributed by atoms with E-state index in [-0.39, 0.29) is 22.9 Å². The highest BCUT2D eigenvalue weighted by Crippen LogP contribution is 2.26. The Balaban J connectivity index is 2.80. The molecule has 0 unspecified atom stereocenters. The largest absolute Gasteiger partial charge is 0.438 e. The minimum absolute atomic E-state index is 0.102. The van der Waals surface area contributed by atoms with Gasteiger partial charge in [-0.1, -0.05) is 11.6 Å². The molecule has 0 aliphatic carbocycles. The highest BCUT2D eigenvalue weighted by molar-refractivity contribution is 6.34. The Morgan fingerprint density at radius 1 is 1.46 bits per heavy atom. The molecule has 0 atom stereocenters. The Bertz CT molecular complexity index is 416. The van der Waals surface area contributed by atoms with Crippen LogP contribution >= 0.6 is 23.2 Å². The fourth-order valence-electron chi connectivity index (χ4n) is 1.05. The molecular weight excluding hydrogens is 216 g/mol. The summed E-state index contributed by atoms with van der Waals surface area (Å²) < 4.78 is 18.2. The van der Waals surface area contributed by atoms with Gasteiger partial charge in [-0.2, -0.15) is 0 Å². The minimum atomic E-state index is -0.459. The van der Waals surface area contributed by atoms with Gasteiger partial charge in [-0.25, -0.2) is 9.37 Å². The van der Waals surface area contributed by atoms with Gasteiger partial charge in [-0.3, -0.25) is 0 Å². The molecule has 5 heteroatoms. The van der Waals surface area contributed by atoms with Crippen molar-refractivity contribution in [3.05, 3.63) is 28.9 Å². The first kappa shape index (κ1) is 8.78. The quantitative estimate of drug-likeness (QED) is 0.688. The number of aromatic nitrogens is 1. The molecule has 68 valence electrons. The Morgan fingerprint density at radius 3 is 2.85 bits per heavy atom. The first-order valence-electron chi connectivity index (χ1n) is 3.51. The van der Waals surface area contributed by atoms with Gasteiger partial charge in [0.25, 0.3) is 0 Å². The molecule has 0 fully saturated rings. The van der Waals surface area contributed by atoms with Gasteiger partial charge in [0.1, 0.15) is 5.52 Å². The van der Waals surface area contributed by atoms with Crippen molar-refractivity contribution in [2.75, 3.05) is 0 Å². The van der Waals surface area contributed by atoms with Crippen LogP contribution in [-0.2, 0) is 5.88 Å². The third-order valence-corrected chi connectivity index (χ3v) is 2.13. The van der Waals surface area contributed by atoms with Crippen molar-refractivity contribution >= 4 is 34.3 Å². The highest BCUT2D eigenvalue weighted by Gasteiger charge is 2.12. The van der Waals surface area contributed by atoms with Gasteiger partial charge in [0, 0.05) is 0 Å². The Hall–Kier alpha value is -0.800. The number of oxazole rings is 1. The second kappa shape index (κ2) is 3.16. The molecule has 0 saturated carbocycles. The van der Waals surface area contributed by atoms with Crippen molar-refractivity contribution in [2.24, 2.45) is 0 Å². The number of hydrogen-bond acceptors (Lipinski definition) is 2. The summed E-state index contributed by atoms with van der Waals surface area (Å²) in [4.78, 5) is 3.83. The van der Waals surface area contributed by atoms with Gasteiger partial charge in [0.2, 0.25) is 5.89 Å². The van der Waals surface area contributed by atoms with E-state index in [0.717, 1.165) is 0 Å². The van der Waals surface area contributed by atoms with Crippen molar-refractivity contribution in [1.29, 1.82) is 0 Å². The molecule has 0 aliphatic heterocycles. The average Bonchev–Trinajstić information content (AvgIpc) is 2.56. The fourth-order valence-corrected chi connectivity index (χ4v) is 1.35. The first-order valence-corrected chi connectivity index (χ1v) is 4.43. The minimum Gasteiger partial charge on any atom is -0.438 e. The lowest BCUT2D eigenvalue weighted by Crippen LogP contribution is -1.78. The maximum Gasteiger partial charge on any atom is 0.210 e. The zero-order valence-electron chi connectivity index (χ0n) is 6.35. The number of rotatable bonds is 1. The molecule has 0 bridgehead atoms. The van der Waals surface area contributed by atoms with Crippen molar-refractivity contribution in [2.45, 2.75) is 5.88 Å². The number of alkyl halides is 1. The van der Waals surface area contributed by atoms with Crippen molar-refractivity contribution < 1.29 is 8.81 Å². The number of fused-ring (bicyclic) bond motifs is 1. The van der Waals surface area contributed by atoms with Crippen LogP contribution in [0.2, 0.25) is 5.02 Å². The number of halogens is 3. The molecular formula is C8H4Cl2FNO. The normalized spacial score (nSPS) is 11.0. The molecule has 0 aliphatic rings. The fraction of sp³-hybridized carbons (Fsp3) is 0.125. The molecule has 2 rings (SSSR count). The lowest BCUT2D eigenvalue weighted by Gasteiger charge is -1.90. The van der Waals surface area contributed by atoms with Crippen LogP contribution in [0.25, 0.3) is 11.1 Å². The smallest absolute Gasteiger partial charge is 0.210 e. The summed E-state index contributed by atoms with van der Waals surface area (Å²) >= 11 is 11.2. The van der Waals surface area contributed by atoms with Gasteiger partial charge >= 0.3 is 0 Å². The van der Waals surface area contributed by atoms with E-state index >= 15 is 0 Å². The molecule has 0 N–H and O–H groups in total. The predicted molar refractivity (Wildman–Crippen MR) is 48.5 cm³/mol. The monoisotopic (exact) mass is 219 g/mol. The molecule has 1 aromatic carbocycles. The van der Waals surface area contributed by atoms with E-state index in [9.17, 15) is 4.39 Å². The topological polar surface area (TPSA) is 26.0 Å². The first-order chi connectivity index (χ1) is 6.22. The second-order valence-corrected chi connectivity index (χ2v) is 3.12. The molecule has 1 heterocycles. The third-order valence-electron chi connectivity index (χ3n) is 1.60. The Morgan fingerprint density at radius 2 is 2.23 bits per heavy atom. The number of nitrogens with zero attached hydrogens (tertiary/aromatic N) is 1. The van der Waals surface area contributed by atoms with E-state index in [4.69, 9.17) is 27.6 Å².